The van der Waals surface area contributed by atoms with Crippen LogP contribution in [-0.4, -0.2) is 49.4 Å². The van der Waals surface area contributed by atoms with Gasteiger partial charge in [0.2, 0.25) is 10.0 Å². The van der Waals surface area contributed by atoms with Crippen LogP contribution in [0.3, 0.4) is 0 Å². The van der Waals surface area contributed by atoms with E-state index in [1.807, 2.05) is 4.72 Å². The Labute approximate surface area is 144 Å². The quantitative estimate of drug-likeness (QED) is 0.772. The van der Waals surface area contributed by atoms with E-state index in [4.69, 9.17) is 0 Å². The zero-order chi connectivity index (χ0) is 18.2. The molecule has 0 bridgehead atoms. The first-order chi connectivity index (χ1) is 11.7. The van der Waals surface area contributed by atoms with E-state index in [9.17, 15) is 26.8 Å². The average molecular weight is 372 g/mol. The molecule has 136 valence electrons. The van der Waals surface area contributed by atoms with Crippen LogP contribution in [0, 0.1) is 0 Å². The van der Waals surface area contributed by atoms with Gasteiger partial charge >= 0.3 is 0 Å². The maximum atomic E-state index is 13.5. The lowest BCUT2D eigenvalue weighted by Gasteiger charge is -2.20. The number of halogens is 2. The number of nitrogens with zero attached hydrogens (tertiary/aromatic N) is 1. The maximum absolute atomic E-state index is 13.5. The predicted molar refractivity (Wildman–Crippen MR) is 85.9 cm³/mol. The fourth-order valence-electron chi connectivity index (χ4n) is 3.20. The van der Waals surface area contributed by atoms with Crippen molar-refractivity contribution in [1.29, 1.82) is 0 Å². The van der Waals surface area contributed by atoms with Gasteiger partial charge in [-0.15, -0.1) is 0 Å². The summed E-state index contributed by atoms with van der Waals surface area (Å²) in [7, 11) is -3.91. The summed E-state index contributed by atoms with van der Waals surface area (Å²) in [5, 5.41) is 0. The summed E-state index contributed by atoms with van der Waals surface area (Å²) in [4.78, 5) is 25.3. The largest absolute Gasteiger partial charge is 0.274 e. The van der Waals surface area contributed by atoms with Crippen LogP contribution in [0.1, 0.15) is 46.4 Å². The van der Waals surface area contributed by atoms with Crippen LogP contribution < -0.4 is 4.72 Å². The number of alkyl halides is 2. The van der Waals surface area contributed by atoms with Crippen LogP contribution >= 0.6 is 0 Å². The van der Waals surface area contributed by atoms with Crippen LogP contribution in [0.15, 0.2) is 24.3 Å². The molecular weight excluding hydrogens is 354 g/mol. The molecule has 1 fully saturated rings. The SMILES string of the molecule is O=C1c2ccccc2C(=O)N1CCCS(=O)(=O)NC1CCCC1(F)F. The van der Waals surface area contributed by atoms with Gasteiger partial charge in [0.15, 0.2) is 0 Å². The van der Waals surface area contributed by atoms with E-state index < -0.39 is 39.6 Å². The molecule has 1 aliphatic heterocycles. The molecular formula is C16H18F2N2O4S. The molecule has 2 aliphatic rings. The minimum absolute atomic E-state index is 0.0148. The number of hydrogen-bond donors (Lipinski definition) is 1. The third-order valence-electron chi connectivity index (χ3n) is 4.51. The molecule has 0 spiro atoms. The Balaban J connectivity index is 1.56. The molecule has 25 heavy (non-hydrogen) atoms. The molecule has 6 nitrogen and oxygen atoms in total. The average Bonchev–Trinajstić information content (AvgIpc) is 2.99. The summed E-state index contributed by atoms with van der Waals surface area (Å²) in [6.45, 7) is -0.0751. The highest BCUT2D eigenvalue weighted by Crippen LogP contribution is 2.35. The van der Waals surface area contributed by atoms with Gasteiger partial charge in [0, 0.05) is 13.0 Å². The third kappa shape index (κ3) is 3.57. The van der Waals surface area contributed by atoms with Crippen LogP contribution in [0.4, 0.5) is 8.78 Å². The van der Waals surface area contributed by atoms with Crippen molar-refractivity contribution in [2.75, 3.05) is 12.3 Å². The number of hydrogen-bond acceptors (Lipinski definition) is 4. The zero-order valence-electron chi connectivity index (χ0n) is 13.4. The van der Waals surface area contributed by atoms with Gasteiger partial charge in [0.1, 0.15) is 0 Å². The Kier molecular flexibility index (Phi) is 4.63. The summed E-state index contributed by atoms with van der Waals surface area (Å²) in [5.41, 5.74) is 0.582. The van der Waals surface area contributed by atoms with Gasteiger partial charge in [-0.1, -0.05) is 12.1 Å². The molecule has 1 aliphatic carbocycles. The van der Waals surface area contributed by atoms with E-state index in [1.165, 1.54) is 12.1 Å². The van der Waals surface area contributed by atoms with Crippen molar-refractivity contribution in [1.82, 2.24) is 9.62 Å². The Morgan fingerprint density at radius 1 is 1.16 bits per heavy atom. The number of carbonyl (C=O) groups excluding carboxylic acids is 2. The Morgan fingerprint density at radius 2 is 1.76 bits per heavy atom. The second kappa shape index (κ2) is 6.45. The number of carbonyl (C=O) groups is 2. The molecule has 1 unspecified atom stereocenters. The molecule has 0 radical (unpaired) electrons. The first kappa shape index (κ1) is 17.9. The van der Waals surface area contributed by atoms with E-state index in [0.29, 0.717) is 11.1 Å². The number of amides is 2. The summed E-state index contributed by atoms with van der Waals surface area (Å²) in [5.74, 6) is -4.38. The minimum atomic E-state index is -3.91. The van der Waals surface area contributed by atoms with Crippen LogP contribution in [-0.2, 0) is 10.0 Å². The second-order valence-corrected chi connectivity index (χ2v) is 8.18. The van der Waals surface area contributed by atoms with Crippen LogP contribution in [0.25, 0.3) is 0 Å². The lowest BCUT2D eigenvalue weighted by molar-refractivity contribution is -0.0113. The van der Waals surface area contributed by atoms with Crippen LogP contribution in [0.5, 0.6) is 0 Å². The van der Waals surface area contributed by atoms with Gasteiger partial charge in [0.25, 0.3) is 17.7 Å². The highest BCUT2D eigenvalue weighted by Gasteiger charge is 2.45. The number of imide groups is 1. The van der Waals surface area contributed by atoms with Crippen molar-refractivity contribution < 1.29 is 26.8 Å². The van der Waals surface area contributed by atoms with E-state index >= 15 is 0 Å². The zero-order valence-corrected chi connectivity index (χ0v) is 14.2. The highest BCUT2D eigenvalue weighted by atomic mass is 32.2. The van der Waals surface area contributed by atoms with Crippen molar-refractivity contribution >= 4 is 21.8 Å². The Morgan fingerprint density at radius 3 is 2.28 bits per heavy atom. The lowest BCUT2D eigenvalue weighted by Crippen LogP contribution is -2.45. The van der Waals surface area contributed by atoms with E-state index in [1.54, 1.807) is 12.1 Å². The standard InChI is InChI=1S/C16H18F2N2O4S/c17-16(18)8-3-7-13(16)19-25(23,24)10-4-9-20-14(21)11-5-1-2-6-12(11)15(20)22/h1-2,5-6,13,19H,3-4,7-10H2. The highest BCUT2D eigenvalue weighted by molar-refractivity contribution is 7.89. The third-order valence-corrected chi connectivity index (χ3v) is 5.98. The number of fused-ring (bicyclic) bond motifs is 1. The molecule has 0 saturated heterocycles. The molecule has 0 aromatic heterocycles. The summed E-state index contributed by atoms with van der Waals surface area (Å²) >= 11 is 0. The maximum Gasteiger partial charge on any atom is 0.264 e. The van der Waals surface area contributed by atoms with Gasteiger partial charge in [0.05, 0.1) is 22.9 Å². The molecule has 3 rings (SSSR count). The first-order valence-electron chi connectivity index (χ1n) is 8.04. The molecule has 1 atom stereocenters. The molecule has 1 heterocycles. The fraction of sp³-hybridized carbons (Fsp3) is 0.500. The number of sulfonamides is 1. The van der Waals surface area contributed by atoms with Crippen molar-refractivity contribution in [3.63, 3.8) is 0 Å². The number of rotatable bonds is 6. The van der Waals surface area contributed by atoms with E-state index in [2.05, 4.69) is 0 Å². The topological polar surface area (TPSA) is 83.6 Å². The second-order valence-electron chi connectivity index (χ2n) is 6.30. The normalized spacial score (nSPS) is 22.5. The van der Waals surface area contributed by atoms with Gasteiger partial charge in [-0.25, -0.2) is 21.9 Å². The first-order valence-corrected chi connectivity index (χ1v) is 9.69. The van der Waals surface area contributed by atoms with Gasteiger partial charge in [-0.3, -0.25) is 14.5 Å². The van der Waals surface area contributed by atoms with Crippen molar-refractivity contribution in [2.45, 2.75) is 37.6 Å². The smallest absolute Gasteiger partial charge is 0.264 e. The van der Waals surface area contributed by atoms with E-state index in [0.717, 1.165) is 4.90 Å². The molecule has 1 N–H and O–H groups in total. The Hall–Kier alpha value is -1.87. The number of benzene rings is 1. The molecule has 1 aromatic rings. The molecule has 9 heteroatoms. The molecule has 2 amide bonds. The van der Waals surface area contributed by atoms with Gasteiger partial charge in [-0.2, -0.15) is 0 Å². The predicted octanol–water partition coefficient (Wildman–Crippen LogP) is 1.78. The van der Waals surface area contributed by atoms with Crippen molar-refractivity contribution in [2.24, 2.45) is 0 Å². The van der Waals surface area contributed by atoms with Gasteiger partial charge in [-0.05, 0) is 31.4 Å². The number of nitrogens with one attached hydrogen (secondary N) is 1. The lowest BCUT2D eigenvalue weighted by atomic mass is 10.1. The van der Waals surface area contributed by atoms with Crippen LogP contribution in [0.2, 0.25) is 0 Å². The molecule has 1 saturated carbocycles. The monoisotopic (exact) mass is 372 g/mol. The summed E-state index contributed by atoms with van der Waals surface area (Å²) < 4.78 is 53.1. The minimum Gasteiger partial charge on any atom is -0.274 e. The van der Waals surface area contributed by atoms with E-state index in [-0.39, 0.29) is 32.2 Å². The van der Waals surface area contributed by atoms with Crippen molar-refractivity contribution in [3.8, 4) is 0 Å². The van der Waals surface area contributed by atoms with Crippen molar-refractivity contribution in [3.05, 3.63) is 35.4 Å². The summed E-state index contributed by atoms with van der Waals surface area (Å²) in [6, 6.07) is 4.98. The summed E-state index contributed by atoms with van der Waals surface area (Å²) in [6.07, 6.45) is 0.0359. The Bertz CT molecular complexity index is 775. The van der Waals surface area contributed by atoms with Gasteiger partial charge < -0.3 is 0 Å². The molecule has 1 aromatic carbocycles. The fourth-order valence-corrected chi connectivity index (χ4v) is 4.55.